The minimum Gasteiger partial charge on any atom is -0.268 e. The molecule has 0 bridgehead atoms. The van der Waals surface area contributed by atoms with E-state index in [1.54, 1.807) is 18.2 Å². The molecule has 0 saturated carbocycles. The van der Waals surface area contributed by atoms with Crippen LogP contribution in [0.5, 0.6) is 0 Å². The summed E-state index contributed by atoms with van der Waals surface area (Å²) in [5.41, 5.74) is 1.24. The van der Waals surface area contributed by atoms with Gasteiger partial charge in [-0.05, 0) is 35.9 Å². The highest BCUT2D eigenvalue weighted by Crippen LogP contribution is 2.33. The van der Waals surface area contributed by atoms with E-state index in [1.807, 2.05) is 24.3 Å². The lowest BCUT2D eigenvalue weighted by Crippen LogP contribution is -2.34. The number of carbonyl (C=O) groups is 2. The van der Waals surface area contributed by atoms with Gasteiger partial charge >= 0.3 is 0 Å². The topological polar surface area (TPSA) is 50.3 Å². The van der Waals surface area contributed by atoms with E-state index < -0.39 is 11.8 Å². The molecule has 1 aromatic carbocycles. The van der Waals surface area contributed by atoms with Crippen LogP contribution < -0.4 is 0 Å². The largest absolute Gasteiger partial charge is 0.273 e. The van der Waals surface area contributed by atoms with Crippen molar-refractivity contribution >= 4 is 62.1 Å². The van der Waals surface area contributed by atoms with Crippen molar-refractivity contribution in [1.29, 1.82) is 0 Å². The Labute approximate surface area is 150 Å². The van der Waals surface area contributed by atoms with Gasteiger partial charge in [0.2, 0.25) is 0 Å². The van der Waals surface area contributed by atoms with Gasteiger partial charge in [-0.1, -0.05) is 52.0 Å². The molecule has 0 aliphatic carbocycles. The van der Waals surface area contributed by atoms with Gasteiger partial charge in [0.05, 0.1) is 4.91 Å². The Bertz CT molecular complexity index is 820. The third kappa shape index (κ3) is 3.41. The normalized spacial score (nSPS) is 16.2. The number of carbonyl (C=O) groups excluding carboxylic acids is 2. The number of aromatic nitrogens is 1. The zero-order valence-electron chi connectivity index (χ0n) is 11.6. The molecule has 4 nitrogen and oxygen atoms in total. The van der Waals surface area contributed by atoms with Crippen LogP contribution in [-0.2, 0) is 4.79 Å². The summed E-state index contributed by atoms with van der Waals surface area (Å²) in [5, 5.41) is 0. The Hall–Kier alpha value is -1.83. The monoisotopic (exact) mass is 404 g/mol. The van der Waals surface area contributed by atoms with Gasteiger partial charge < -0.3 is 0 Å². The van der Waals surface area contributed by atoms with Crippen LogP contribution >= 0.6 is 39.9 Å². The van der Waals surface area contributed by atoms with Crippen molar-refractivity contribution in [3.8, 4) is 0 Å². The molecule has 1 saturated heterocycles. The highest BCUT2D eigenvalue weighted by molar-refractivity contribution is 9.10. The number of amides is 2. The molecule has 7 heteroatoms. The zero-order chi connectivity index (χ0) is 16.4. The van der Waals surface area contributed by atoms with Crippen molar-refractivity contribution in [2.45, 2.75) is 0 Å². The number of pyridine rings is 1. The van der Waals surface area contributed by atoms with Crippen LogP contribution in [0, 0.1) is 0 Å². The van der Waals surface area contributed by atoms with Gasteiger partial charge in [-0.25, -0.2) is 4.90 Å². The maximum Gasteiger partial charge on any atom is 0.273 e. The van der Waals surface area contributed by atoms with Gasteiger partial charge in [0, 0.05) is 22.4 Å². The number of thiocarbonyl (C=S) groups is 1. The highest BCUT2D eigenvalue weighted by Gasteiger charge is 2.37. The summed E-state index contributed by atoms with van der Waals surface area (Å²) in [6.45, 7) is 0. The number of rotatable bonds is 2. The second kappa shape index (κ2) is 6.74. The molecule has 1 aliphatic heterocycles. The summed E-state index contributed by atoms with van der Waals surface area (Å²) < 4.78 is 1.19. The van der Waals surface area contributed by atoms with E-state index in [9.17, 15) is 9.59 Å². The van der Waals surface area contributed by atoms with Crippen molar-refractivity contribution in [1.82, 2.24) is 9.88 Å². The first-order valence-corrected chi connectivity index (χ1v) is 8.56. The average molecular weight is 405 g/mol. The van der Waals surface area contributed by atoms with Crippen molar-refractivity contribution in [3.63, 3.8) is 0 Å². The fourth-order valence-corrected chi connectivity index (χ4v) is 3.50. The number of halogens is 1. The quantitative estimate of drug-likeness (QED) is 0.431. The van der Waals surface area contributed by atoms with E-state index in [0.717, 1.165) is 26.7 Å². The van der Waals surface area contributed by atoms with Crippen molar-refractivity contribution in [2.24, 2.45) is 0 Å². The summed E-state index contributed by atoms with van der Waals surface area (Å²) in [6, 6.07) is 10.6. The first-order valence-electron chi connectivity index (χ1n) is 6.54. The van der Waals surface area contributed by atoms with Crippen LogP contribution in [0.2, 0.25) is 0 Å². The Morgan fingerprint density at radius 3 is 2.48 bits per heavy atom. The van der Waals surface area contributed by atoms with Crippen molar-refractivity contribution < 1.29 is 9.59 Å². The molecule has 23 heavy (non-hydrogen) atoms. The van der Waals surface area contributed by atoms with Gasteiger partial charge in [-0.15, -0.1) is 0 Å². The average Bonchev–Trinajstić information content (AvgIpc) is 2.84. The third-order valence-corrected chi connectivity index (χ3v) is 4.92. The summed E-state index contributed by atoms with van der Waals surface area (Å²) >= 11 is 9.68. The number of imide groups is 1. The molecule has 1 fully saturated rings. The Morgan fingerprint density at radius 2 is 1.83 bits per heavy atom. The number of thioether (sulfide) groups is 1. The molecule has 0 spiro atoms. The molecule has 2 amide bonds. The van der Waals surface area contributed by atoms with Gasteiger partial charge in [-0.2, -0.15) is 0 Å². The lowest BCUT2D eigenvalue weighted by molar-refractivity contribution is -0.120. The van der Waals surface area contributed by atoms with Gasteiger partial charge in [0.25, 0.3) is 11.8 Å². The maximum absolute atomic E-state index is 12.5. The molecule has 0 radical (unpaired) electrons. The van der Waals surface area contributed by atoms with Crippen LogP contribution in [0.4, 0.5) is 0 Å². The Morgan fingerprint density at radius 1 is 1.17 bits per heavy atom. The SMILES string of the molecule is O=C1/C(=C/c2ccc(Br)cc2)SC(=S)N1C(=O)c1ccncc1. The Kier molecular flexibility index (Phi) is 4.70. The number of hydrogen-bond donors (Lipinski definition) is 0. The van der Waals surface area contributed by atoms with Crippen LogP contribution in [0.25, 0.3) is 6.08 Å². The van der Waals surface area contributed by atoms with E-state index in [0.29, 0.717) is 10.5 Å². The molecule has 2 aromatic rings. The summed E-state index contributed by atoms with van der Waals surface area (Å²) in [7, 11) is 0. The molecule has 3 rings (SSSR count). The third-order valence-electron chi connectivity index (χ3n) is 3.09. The second-order valence-electron chi connectivity index (χ2n) is 4.61. The standard InChI is InChI=1S/C16H9BrN2O2S2/c17-12-3-1-10(2-4-12)9-13-15(21)19(16(22)23-13)14(20)11-5-7-18-8-6-11/h1-9H/b13-9-. The van der Waals surface area contributed by atoms with Gasteiger partial charge in [0.15, 0.2) is 4.32 Å². The van der Waals surface area contributed by atoms with E-state index >= 15 is 0 Å². The van der Waals surface area contributed by atoms with E-state index in [-0.39, 0.29) is 4.32 Å². The minimum absolute atomic E-state index is 0.236. The molecule has 0 N–H and O–H groups in total. The lowest BCUT2D eigenvalue weighted by atomic mass is 10.2. The molecule has 114 valence electrons. The fourth-order valence-electron chi connectivity index (χ4n) is 1.98. The molecule has 1 aliphatic rings. The zero-order valence-corrected chi connectivity index (χ0v) is 14.8. The number of hydrogen-bond acceptors (Lipinski definition) is 5. The first kappa shape index (κ1) is 16.0. The molecule has 2 heterocycles. The highest BCUT2D eigenvalue weighted by atomic mass is 79.9. The van der Waals surface area contributed by atoms with Crippen LogP contribution in [0.15, 0.2) is 58.2 Å². The van der Waals surface area contributed by atoms with Crippen molar-refractivity contribution in [2.75, 3.05) is 0 Å². The molecule has 0 atom stereocenters. The van der Waals surface area contributed by atoms with Crippen molar-refractivity contribution in [3.05, 3.63) is 69.3 Å². The molecular weight excluding hydrogens is 396 g/mol. The predicted molar refractivity (Wildman–Crippen MR) is 97.7 cm³/mol. The van der Waals surface area contributed by atoms with Gasteiger partial charge in [0.1, 0.15) is 0 Å². The van der Waals surface area contributed by atoms with E-state index in [1.165, 1.54) is 12.4 Å². The number of nitrogens with zero attached hydrogens (tertiary/aromatic N) is 2. The van der Waals surface area contributed by atoms with Crippen LogP contribution in [-0.4, -0.2) is 26.0 Å². The molecular formula is C16H9BrN2O2S2. The van der Waals surface area contributed by atoms with E-state index in [4.69, 9.17) is 12.2 Å². The van der Waals surface area contributed by atoms with Gasteiger partial charge in [-0.3, -0.25) is 14.6 Å². The second-order valence-corrected chi connectivity index (χ2v) is 7.20. The fraction of sp³-hybridized carbons (Fsp3) is 0. The van der Waals surface area contributed by atoms with Crippen LogP contribution in [0.1, 0.15) is 15.9 Å². The summed E-state index contributed by atoms with van der Waals surface area (Å²) in [6.07, 6.45) is 4.73. The Balaban J connectivity index is 1.88. The lowest BCUT2D eigenvalue weighted by Gasteiger charge is -2.11. The summed E-state index contributed by atoms with van der Waals surface area (Å²) in [5.74, 6) is -0.834. The summed E-state index contributed by atoms with van der Waals surface area (Å²) in [4.78, 5) is 30.3. The maximum atomic E-state index is 12.5. The van der Waals surface area contributed by atoms with Crippen LogP contribution in [0.3, 0.4) is 0 Å². The molecule has 1 aromatic heterocycles. The first-order chi connectivity index (χ1) is 11.1. The number of benzene rings is 1. The smallest absolute Gasteiger partial charge is 0.268 e. The minimum atomic E-state index is -0.436. The van der Waals surface area contributed by atoms with E-state index in [2.05, 4.69) is 20.9 Å². The molecule has 0 unspecified atom stereocenters. The predicted octanol–water partition coefficient (Wildman–Crippen LogP) is 3.89.